The number of carbonyl (C=O) groups is 2. The first kappa shape index (κ1) is 19.2. The number of hydrogen-bond acceptors (Lipinski definition) is 5. The highest BCUT2D eigenvalue weighted by molar-refractivity contribution is 6.36. The van der Waals surface area contributed by atoms with E-state index in [1.54, 1.807) is 6.92 Å². The van der Waals surface area contributed by atoms with Crippen molar-refractivity contribution in [2.24, 2.45) is 0 Å². The number of imide groups is 1. The Hall–Kier alpha value is -3.62. The van der Waals surface area contributed by atoms with Crippen molar-refractivity contribution < 1.29 is 23.3 Å². The monoisotopic (exact) mass is 387 g/mol. The molecule has 144 valence electrons. The second-order valence-electron chi connectivity index (χ2n) is 6.07. The summed E-state index contributed by atoms with van der Waals surface area (Å²) in [5.41, 5.74) is 0.137. The van der Waals surface area contributed by atoms with Gasteiger partial charge in [0, 0.05) is 30.4 Å². The molecule has 3 rings (SSSR count). The Bertz CT molecular complexity index is 1000. The third-order valence-corrected chi connectivity index (χ3v) is 4.17. The zero-order valence-corrected chi connectivity index (χ0v) is 14.7. The third-order valence-electron chi connectivity index (χ3n) is 4.17. The highest BCUT2D eigenvalue weighted by atomic mass is 19.2. The van der Waals surface area contributed by atoms with E-state index >= 15 is 0 Å². The van der Waals surface area contributed by atoms with E-state index in [2.05, 4.69) is 5.32 Å². The van der Waals surface area contributed by atoms with Crippen LogP contribution in [0, 0.1) is 21.7 Å². The lowest BCUT2D eigenvalue weighted by Gasteiger charge is -2.13. The molecule has 0 spiro atoms. The molecule has 0 unspecified atom stereocenters. The summed E-state index contributed by atoms with van der Waals surface area (Å²) >= 11 is 0. The van der Waals surface area contributed by atoms with E-state index in [4.69, 9.17) is 0 Å². The van der Waals surface area contributed by atoms with E-state index in [0.717, 1.165) is 17.0 Å². The normalized spacial score (nSPS) is 14.0. The molecule has 2 amide bonds. The molecule has 0 saturated carbocycles. The second kappa shape index (κ2) is 7.55. The molecule has 28 heavy (non-hydrogen) atoms. The lowest BCUT2D eigenvalue weighted by Crippen LogP contribution is -2.33. The van der Waals surface area contributed by atoms with Gasteiger partial charge in [-0.25, -0.2) is 8.78 Å². The van der Waals surface area contributed by atoms with Gasteiger partial charge in [-0.3, -0.25) is 24.6 Å². The zero-order valence-electron chi connectivity index (χ0n) is 14.7. The first-order chi connectivity index (χ1) is 13.3. The maximum absolute atomic E-state index is 13.5. The smallest absolute Gasteiger partial charge is 0.278 e. The van der Waals surface area contributed by atoms with E-state index in [-0.39, 0.29) is 29.2 Å². The number of nitro benzene ring substituents is 1. The molecule has 0 atom stereocenters. The Morgan fingerprint density at radius 2 is 1.71 bits per heavy atom. The summed E-state index contributed by atoms with van der Waals surface area (Å²) in [5.74, 6) is -3.32. The summed E-state index contributed by atoms with van der Waals surface area (Å²) in [5, 5.41) is 13.5. The molecular weight excluding hydrogens is 372 g/mol. The van der Waals surface area contributed by atoms with E-state index in [1.807, 2.05) is 0 Å². The predicted octanol–water partition coefficient (Wildman–Crippen LogP) is 3.48. The van der Waals surface area contributed by atoms with Gasteiger partial charge >= 0.3 is 0 Å². The Labute approximate surface area is 158 Å². The summed E-state index contributed by atoms with van der Waals surface area (Å²) in [6.45, 7) is 1.98. The van der Waals surface area contributed by atoms with Crippen LogP contribution in [-0.2, 0) is 9.59 Å². The molecule has 2 aromatic carbocycles. The van der Waals surface area contributed by atoms with Crippen molar-refractivity contribution in [3.63, 3.8) is 0 Å². The number of rotatable bonds is 6. The summed E-state index contributed by atoms with van der Waals surface area (Å²) in [4.78, 5) is 36.8. The molecule has 1 aliphatic rings. The molecule has 0 aliphatic carbocycles. The van der Waals surface area contributed by atoms with E-state index in [9.17, 15) is 28.5 Å². The Balaban J connectivity index is 2.07. The number of halogens is 2. The van der Waals surface area contributed by atoms with Gasteiger partial charge in [-0.15, -0.1) is 0 Å². The molecule has 0 fully saturated rings. The maximum atomic E-state index is 13.5. The summed E-state index contributed by atoms with van der Waals surface area (Å²) < 4.78 is 26.7. The highest BCUT2D eigenvalue weighted by Gasteiger charge is 2.38. The number of amides is 2. The standard InChI is InChI=1S/C19H15F2N3O4/c1-2-9-23-18(25)16(11-3-6-13(7-4-11)24(27)28)17(19(23)26)22-12-5-8-14(20)15(21)10-12/h3-8,10,22H,2,9H2,1H3. The summed E-state index contributed by atoms with van der Waals surface area (Å²) in [7, 11) is 0. The van der Waals surface area contributed by atoms with Crippen LogP contribution >= 0.6 is 0 Å². The van der Waals surface area contributed by atoms with E-state index < -0.39 is 28.4 Å². The van der Waals surface area contributed by atoms with Crippen LogP contribution in [0.5, 0.6) is 0 Å². The van der Waals surface area contributed by atoms with Crippen molar-refractivity contribution in [1.29, 1.82) is 0 Å². The molecule has 0 bridgehead atoms. The first-order valence-corrected chi connectivity index (χ1v) is 8.40. The van der Waals surface area contributed by atoms with Crippen LogP contribution in [0.3, 0.4) is 0 Å². The number of hydrogen-bond donors (Lipinski definition) is 1. The summed E-state index contributed by atoms with van der Waals surface area (Å²) in [6, 6.07) is 8.17. The molecule has 7 nitrogen and oxygen atoms in total. The van der Waals surface area contributed by atoms with Gasteiger partial charge in [-0.2, -0.15) is 0 Å². The van der Waals surface area contributed by atoms with Crippen LogP contribution in [0.2, 0.25) is 0 Å². The fourth-order valence-electron chi connectivity index (χ4n) is 2.85. The summed E-state index contributed by atoms with van der Waals surface area (Å²) in [6.07, 6.45) is 0.531. The van der Waals surface area contributed by atoms with Crippen LogP contribution in [0.4, 0.5) is 20.2 Å². The van der Waals surface area contributed by atoms with Crippen molar-refractivity contribution >= 4 is 28.8 Å². The zero-order chi connectivity index (χ0) is 20.4. The number of carbonyl (C=O) groups excluding carboxylic acids is 2. The quantitative estimate of drug-likeness (QED) is 0.465. The molecule has 1 N–H and O–H groups in total. The third kappa shape index (κ3) is 3.46. The number of benzene rings is 2. The first-order valence-electron chi connectivity index (χ1n) is 8.40. The van der Waals surface area contributed by atoms with Crippen molar-refractivity contribution in [2.75, 3.05) is 11.9 Å². The largest absolute Gasteiger partial charge is 0.350 e. The Morgan fingerprint density at radius 3 is 2.29 bits per heavy atom. The topological polar surface area (TPSA) is 92.6 Å². The average molecular weight is 387 g/mol. The fraction of sp³-hybridized carbons (Fsp3) is 0.158. The van der Waals surface area contributed by atoms with Crippen LogP contribution in [0.25, 0.3) is 5.57 Å². The van der Waals surface area contributed by atoms with Gasteiger partial charge in [0.25, 0.3) is 17.5 Å². The molecule has 0 saturated heterocycles. The molecular formula is C19H15F2N3O4. The molecule has 1 heterocycles. The lowest BCUT2D eigenvalue weighted by molar-refractivity contribution is -0.384. The van der Waals surface area contributed by atoms with Gasteiger partial charge in [0.15, 0.2) is 11.6 Å². The number of nitrogens with one attached hydrogen (secondary N) is 1. The Morgan fingerprint density at radius 1 is 1.04 bits per heavy atom. The molecule has 0 radical (unpaired) electrons. The molecule has 1 aliphatic heterocycles. The van der Waals surface area contributed by atoms with Crippen molar-refractivity contribution in [3.8, 4) is 0 Å². The van der Waals surface area contributed by atoms with Crippen molar-refractivity contribution in [1.82, 2.24) is 4.90 Å². The van der Waals surface area contributed by atoms with Gasteiger partial charge in [0.1, 0.15) is 5.70 Å². The van der Waals surface area contributed by atoms with Crippen LogP contribution < -0.4 is 5.32 Å². The average Bonchev–Trinajstić information content (AvgIpc) is 2.89. The lowest BCUT2D eigenvalue weighted by atomic mass is 10.0. The maximum Gasteiger partial charge on any atom is 0.278 e. The minimum atomic E-state index is -1.11. The molecule has 2 aromatic rings. The minimum absolute atomic E-state index is 0.0121. The Kier molecular flexibility index (Phi) is 5.16. The van der Waals surface area contributed by atoms with Crippen molar-refractivity contribution in [3.05, 3.63) is 75.5 Å². The number of non-ortho nitro benzene ring substituents is 1. The van der Waals surface area contributed by atoms with Gasteiger partial charge in [0.05, 0.1) is 10.5 Å². The van der Waals surface area contributed by atoms with Crippen LogP contribution in [-0.4, -0.2) is 28.2 Å². The minimum Gasteiger partial charge on any atom is -0.350 e. The van der Waals surface area contributed by atoms with Gasteiger partial charge in [-0.05, 0) is 36.2 Å². The van der Waals surface area contributed by atoms with Crippen LogP contribution in [0.15, 0.2) is 48.2 Å². The highest BCUT2D eigenvalue weighted by Crippen LogP contribution is 2.31. The number of anilines is 1. The molecule has 0 aromatic heterocycles. The fourth-order valence-corrected chi connectivity index (χ4v) is 2.85. The van der Waals surface area contributed by atoms with Gasteiger partial charge in [0.2, 0.25) is 0 Å². The van der Waals surface area contributed by atoms with Gasteiger partial charge in [-0.1, -0.05) is 6.92 Å². The van der Waals surface area contributed by atoms with Crippen LogP contribution in [0.1, 0.15) is 18.9 Å². The number of nitrogens with zero attached hydrogens (tertiary/aromatic N) is 2. The predicted molar refractivity (Wildman–Crippen MR) is 97.0 cm³/mol. The van der Waals surface area contributed by atoms with Crippen molar-refractivity contribution in [2.45, 2.75) is 13.3 Å². The SMILES string of the molecule is CCCN1C(=O)C(Nc2ccc(F)c(F)c2)=C(c2ccc([N+](=O)[O-])cc2)C1=O. The van der Waals surface area contributed by atoms with Gasteiger partial charge < -0.3 is 5.32 Å². The van der Waals surface area contributed by atoms with E-state index in [1.165, 1.54) is 30.3 Å². The second-order valence-corrected chi connectivity index (χ2v) is 6.07. The van der Waals surface area contributed by atoms with E-state index in [0.29, 0.717) is 12.0 Å². The number of nitro groups is 1. The molecule has 9 heteroatoms.